The lowest BCUT2D eigenvalue weighted by Crippen LogP contribution is -2.19. The van der Waals surface area contributed by atoms with Crippen LogP contribution in [0.4, 0.5) is 0 Å². The van der Waals surface area contributed by atoms with Crippen LogP contribution in [0.3, 0.4) is 0 Å². The number of benzene rings is 1. The van der Waals surface area contributed by atoms with Gasteiger partial charge in [0.05, 0.1) is 0 Å². The maximum Gasteiger partial charge on any atom is 0.105 e. The minimum absolute atomic E-state index is 0.666. The molecule has 0 saturated heterocycles. The van der Waals surface area contributed by atoms with Crippen LogP contribution in [-0.2, 0) is 6.54 Å². The summed E-state index contributed by atoms with van der Waals surface area (Å²) in [5, 5.41) is 4.58. The minimum atomic E-state index is 0.666. The molecular formula is C17H22N2S. The van der Waals surface area contributed by atoms with Gasteiger partial charge in [0.2, 0.25) is 0 Å². The minimum Gasteiger partial charge on any atom is -0.312 e. The zero-order valence-corrected chi connectivity index (χ0v) is 13.2. The third-order valence-electron chi connectivity index (χ3n) is 2.92. The van der Waals surface area contributed by atoms with Gasteiger partial charge in [-0.05, 0) is 43.1 Å². The maximum atomic E-state index is 4.52. The lowest BCUT2D eigenvalue weighted by Gasteiger charge is -2.11. The largest absolute Gasteiger partial charge is 0.312 e. The first-order valence-corrected chi connectivity index (χ1v) is 7.86. The number of rotatable bonds is 6. The van der Waals surface area contributed by atoms with Crippen molar-refractivity contribution in [3.63, 3.8) is 0 Å². The molecule has 0 atom stereocenters. The molecule has 0 aliphatic rings. The molecule has 1 heterocycles. The van der Waals surface area contributed by atoms with Gasteiger partial charge in [0.1, 0.15) is 5.03 Å². The van der Waals surface area contributed by atoms with Gasteiger partial charge >= 0.3 is 0 Å². The van der Waals surface area contributed by atoms with E-state index in [4.69, 9.17) is 0 Å². The Kier molecular flexibility index (Phi) is 5.62. The van der Waals surface area contributed by atoms with Crippen LogP contribution in [0, 0.1) is 12.8 Å². The zero-order chi connectivity index (χ0) is 14.4. The predicted molar refractivity (Wildman–Crippen MR) is 86.1 cm³/mol. The van der Waals surface area contributed by atoms with Crippen LogP contribution in [0.5, 0.6) is 0 Å². The molecule has 1 aromatic carbocycles. The fourth-order valence-corrected chi connectivity index (χ4v) is 2.94. The summed E-state index contributed by atoms with van der Waals surface area (Å²) in [6.07, 6.45) is 1.87. The maximum absolute atomic E-state index is 4.52. The molecule has 2 rings (SSSR count). The Morgan fingerprint density at radius 3 is 2.80 bits per heavy atom. The molecule has 0 aliphatic heterocycles. The number of aromatic nitrogens is 1. The number of aryl methyl sites for hydroxylation is 1. The Morgan fingerprint density at radius 2 is 2.05 bits per heavy atom. The van der Waals surface area contributed by atoms with Crippen molar-refractivity contribution >= 4 is 11.8 Å². The number of nitrogens with zero attached hydrogens (tertiary/aromatic N) is 1. The molecule has 0 radical (unpaired) electrons. The summed E-state index contributed by atoms with van der Waals surface area (Å²) in [6, 6.07) is 12.7. The van der Waals surface area contributed by atoms with Gasteiger partial charge < -0.3 is 5.32 Å². The molecule has 1 N–H and O–H groups in total. The average Bonchev–Trinajstić information content (AvgIpc) is 2.40. The summed E-state index contributed by atoms with van der Waals surface area (Å²) in [5.74, 6) is 0.666. The van der Waals surface area contributed by atoms with Crippen LogP contribution in [0.2, 0.25) is 0 Å². The van der Waals surface area contributed by atoms with E-state index in [0.717, 1.165) is 18.1 Å². The summed E-state index contributed by atoms with van der Waals surface area (Å²) < 4.78 is 0. The molecule has 20 heavy (non-hydrogen) atoms. The monoisotopic (exact) mass is 286 g/mol. The van der Waals surface area contributed by atoms with Gasteiger partial charge in [0.15, 0.2) is 0 Å². The second-order valence-electron chi connectivity index (χ2n) is 5.41. The van der Waals surface area contributed by atoms with E-state index >= 15 is 0 Å². The molecule has 0 aliphatic carbocycles. The van der Waals surface area contributed by atoms with Crippen LogP contribution in [0.1, 0.15) is 25.0 Å². The van der Waals surface area contributed by atoms with E-state index in [-0.39, 0.29) is 0 Å². The highest BCUT2D eigenvalue weighted by molar-refractivity contribution is 7.99. The fourth-order valence-electron chi connectivity index (χ4n) is 1.94. The van der Waals surface area contributed by atoms with Crippen LogP contribution in [0.25, 0.3) is 0 Å². The SMILES string of the molecule is Cc1cccc(Sc2ncccc2CNCC(C)C)c1. The number of pyridine rings is 1. The van der Waals surface area contributed by atoms with Gasteiger partial charge in [0, 0.05) is 17.6 Å². The van der Waals surface area contributed by atoms with Crippen LogP contribution >= 0.6 is 11.8 Å². The molecule has 0 amide bonds. The average molecular weight is 286 g/mol. The Balaban J connectivity index is 2.07. The summed E-state index contributed by atoms with van der Waals surface area (Å²) in [5.41, 5.74) is 2.55. The smallest absolute Gasteiger partial charge is 0.105 e. The molecule has 1 aromatic heterocycles. The lowest BCUT2D eigenvalue weighted by molar-refractivity contribution is 0.549. The van der Waals surface area contributed by atoms with E-state index < -0.39 is 0 Å². The first-order valence-electron chi connectivity index (χ1n) is 7.04. The Morgan fingerprint density at radius 1 is 1.20 bits per heavy atom. The van der Waals surface area contributed by atoms with Gasteiger partial charge in [-0.25, -0.2) is 4.98 Å². The number of nitrogens with one attached hydrogen (secondary N) is 1. The molecule has 3 heteroatoms. The van der Waals surface area contributed by atoms with E-state index in [0.29, 0.717) is 5.92 Å². The molecule has 0 saturated carbocycles. The molecule has 2 nitrogen and oxygen atoms in total. The summed E-state index contributed by atoms with van der Waals surface area (Å²) in [7, 11) is 0. The standard InChI is InChI=1S/C17H22N2S/c1-13(2)11-18-12-15-7-5-9-19-17(15)20-16-8-4-6-14(3)10-16/h4-10,13,18H,11-12H2,1-3H3. The predicted octanol–water partition coefficient (Wildman–Crippen LogP) is 4.29. The van der Waals surface area contributed by atoms with Gasteiger partial charge in [0.25, 0.3) is 0 Å². The van der Waals surface area contributed by atoms with Gasteiger partial charge in [-0.15, -0.1) is 0 Å². The second-order valence-corrected chi connectivity index (χ2v) is 6.47. The van der Waals surface area contributed by atoms with Crippen LogP contribution in [-0.4, -0.2) is 11.5 Å². The second kappa shape index (κ2) is 7.46. The quantitative estimate of drug-likeness (QED) is 0.857. The molecule has 0 bridgehead atoms. The van der Waals surface area contributed by atoms with Crippen molar-refractivity contribution in [2.75, 3.05) is 6.54 Å². The third-order valence-corrected chi connectivity index (χ3v) is 3.97. The lowest BCUT2D eigenvalue weighted by atomic mass is 10.2. The van der Waals surface area contributed by atoms with Crippen molar-refractivity contribution in [3.05, 3.63) is 53.7 Å². The summed E-state index contributed by atoms with van der Waals surface area (Å²) in [6.45, 7) is 8.47. The van der Waals surface area contributed by atoms with Gasteiger partial charge in [-0.2, -0.15) is 0 Å². The highest BCUT2D eigenvalue weighted by Gasteiger charge is 2.06. The van der Waals surface area contributed by atoms with E-state index in [1.54, 1.807) is 11.8 Å². The van der Waals surface area contributed by atoms with Crippen LogP contribution < -0.4 is 5.32 Å². The zero-order valence-electron chi connectivity index (χ0n) is 12.4. The molecule has 0 unspecified atom stereocenters. The molecule has 106 valence electrons. The Labute approximate surface area is 126 Å². The van der Waals surface area contributed by atoms with Gasteiger partial charge in [-0.1, -0.05) is 49.4 Å². The van der Waals surface area contributed by atoms with Crippen molar-refractivity contribution in [3.8, 4) is 0 Å². The number of hydrogen-bond donors (Lipinski definition) is 1. The molecule has 0 fully saturated rings. The first-order chi connectivity index (χ1) is 9.65. The fraction of sp³-hybridized carbons (Fsp3) is 0.353. The van der Waals surface area contributed by atoms with E-state index in [9.17, 15) is 0 Å². The Hall–Kier alpha value is -1.32. The van der Waals surface area contributed by atoms with Crippen LogP contribution in [0.15, 0.2) is 52.5 Å². The highest BCUT2D eigenvalue weighted by Crippen LogP contribution is 2.29. The third kappa shape index (κ3) is 4.66. The van der Waals surface area contributed by atoms with Crippen molar-refractivity contribution in [2.45, 2.75) is 37.2 Å². The van der Waals surface area contributed by atoms with E-state index in [1.165, 1.54) is 16.0 Å². The molecule has 2 aromatic rings. The number of hydrogen-bond acceptors (Lipinski definition) is 3. The topological polar surface area (TPSA) is 24.9 Å². The van der Waals surface area contributed by atoms with Crippen molar-refractivity contribution < 1.29 is 0 Å². The summed E-state index contributed by atoms with van der Waals surface area (Å²) >= 11 is 1.74. The van der Waals surface area contributed by atoms with Crippen molar-refractivity contribution in [2.24, 2.45) is 5.92 Å². The molecular weight excluding hydrogens is 264 g/mol. The van der Waals surface area contributed by atoms with E-state index in [1.807, 2.05) is 12.3 Å². The Bertz CT molecular complexity index is 552. The first kappa shape index (κ1) is 15.1. The summed E-state index contributed by atoms with van der Waals surface area (Å²) in [4.78, 5) is 5.77. The van der Waals surface area contributed by atoms with Crippen molar-refractivity contribution in [1.82, 2.24) is 10.3 Å². The van der Waals surface area contributed by atoms with Gasteiger partial charge in [-0.3, -0.25) is 0 Å². The van der Waals surface area contributed by atoms with E-state index in [2.05, 4.69) is 61.4 Å². The van der Waals surface area contributed by atoms with Crippen molar-refractivity contribution in [1.29, 1.82) is 0 Å². The normalized spacial score (nSPS) is 11.0. The molecule has 0 spiro atoms. The highest BCUT2D eigenvalue weighted by atomic mass is 32.2.